The molecule has 0 saturated heterocycles. The van der Waals surface area contributed by atoms with E-state index in [0.717, 1.165) is 0 Å². The molecule has 46 valence electrons. The van der Waals surface area contributed by atoms with Gasteiger partial charge in [0, 0.05) is 0 Å². The molecule has 0 unspecified atom stereocenters. The van der Waals surface area contributed by atoms with Crippen molar-refractivity contribution in [1.82, 2.24) is 0 Å². The molecule has 0 bridgehead atoms. The second-order valence-electron chi connectivity index (χ2n) is 2.57. The van der Waals surface area contributed by atoms with Gasteiger partial charge in [0.25, 0.3) is 0 Å². The van der Waals surface area contributed by atoms with Gasteiger partial charge in [-0.2, -0.15) is 0 Å². The van der Waals surface area contributed by atoms with Crippen molar-refractivity contribution in [2.24, 2.45) is 0 Å². The van der Waals surface area contributed by atoms with Gasteiger partial charge in [0.05, 0.1) is 0 Å². The molecule has 0 atom stereocenters. The van der Waals surface area contributed by atoms with Gasteiger partial charge >= 0.3 is 56.3 Å². The van der Waals surface area contributed by atoms with Crippen molar-refractivity contribution in [2.75, 3.05) is 0 Å². The van der Waals surface area contributed by atoms with Crippen LogP contribution in [0.3, 0.4) is 0 Å². The average molecular weight is 118 g/mol. The maximum absolute atomic E-state index is 2.20. The average Bonchev–Trinajstić information content (AvgIpc) is 1.90. The summed E-state index contributed by atoms with van der Waals surface area (Å²) in [7, 11) is 0. The number of rotatable bonds is 1. The van der Waals surface area contributed by atoms with Crippen LogP contribution in [0.15, 0.2) is 24.2 Å². The molecule has 9 heavy (non-hydrogen) atoms. The molecular formula is C8H11B. The number of hydrogen-bond donors (Lipinski definition) is 0. The molecule has 1 heteroatoms. The Morgan fingerprint density at radius 3 is 2.44 bits per heavy atom. The van der Waals surface area contributed by atoms with E-state index in [2.05, 4.69) is 38.9 Å². The Bertz CT molecular complexity index is 167. The van der Waals surface area contributed by atoms with Crippen LogP contribution in [0, 0.1) is 0 Å². The van der Waals surface area contributed by atoms with Gasteiger partial charge in [-0.3, -0.25) is 0 Å². The molecule has 0 saturated carbocycles. The van der Waals surface area contributed by atoms with E-state index >= 15 is 0 Å². The molecule has 0 radical (unpaired) electrons. The molecule has 1 heterocycles. The summed E-state index contributed by atoms with van der Waals surface area (Å²) in [5.74, 6) is 2.74. The van der Waals surface area contributed by atoms with E-state index in [-0.39, 0.29) is 0 Å². The van der Waals surface area contributed by atoms with Crippen LogP contribution in [0.2, 0.25) is 0 Å². The fraction of sp³-hybridized carbons (Fsp3) is 0.375. The summed E-state index contributed by atoms with van der Waals surface area (Å²) in [4.78, 5) is 0. The van der Waals surface area contributed by atoms with Crippen molar-refractivity contribution < 1.29 is 0 Å². The van der Waals surface area contributed by atoms with Crippen LogP contribution in [-0.2, 0) is 0 Å². The van der Waals surface area contributed by atoms with E-state index in [1.165, 1.54) is 5.46 Å². The third-order valence-corrected chi connectivity index (χ3v) is 1.47. The van der Waals surface area contributed by atoms with Crippen molar-refractivity contribution in [2.45, 2.75) is 19.8 Å². The van der Waals surface area contributed by atoms with Gasteiger partial charge < -0.3 is 0 Å². The Balaban J connectivity index is 2.85. The summed E-state index contributed by atoms with van der Waals surface area (Å²) in [6.45, 7) is 6.56. The Hall–Kier alpha value is -0.585. The van der Waals surface area contributed by atoms with E-state index < -0.39 is 0 Å². The second-order valence-corrected chi connectivity index (χ2v) is 2.57. The Labute approximate surface area is 57.1 Å². The molecule has 0 nitrogen and oxygen atoms in total. The molecule has 0 aliphatic heterocycles. The Kier molecular flexibility index (Phi) is 2.04. The molecule has 1 aromatic heterocycles. The molecule has 0 aliphatic carbocycles. The Morgan fingerprint density at radius 2 is 2.11 bits per heavy atom. The van der Waals surface area contributed by atoms with Crippen molar-refractivity contribution in [3.63, 3.8) is 0 Å². The van der Waals surface area contributed by atoms with Gasteiger partial charge in [0.2, 0.25) is 0 Å². The first-order valence-corrected chi connectivity index (χ1v) is 3.35. The van der Waals surface area contributed by atoms with Crippen molar-refractivity contribution in [1.29, 1.82) is 0 Å². The normalized spacial score (nSPS) is 9.67. The summed E-state index contributed by atoms with van der Waals surface area (Å²) >= 11 is 0. The number of hydrogen-bond acceptors (Lipinski definition) is 0. The van der Waals surface area contributed by atoms with Crippen molar-refractivity contribution in [3.8, 4) is 0 Å². The van der Waals surface area contributed by atoms with E-state index in [1.807, 2.05) is 6.07 Å². The molecule has 0 fully saturated rings. The zero-order valence-corrected chi connectivity index (χ0v) is 5.96. The van der Waals surface area contributed by atoms with Crippen LogP contribution in [0.5, 0.6) is 0 Å². The SMILES string of the molecule is CC(C)c1bcccc1. The van der Waals surface area contributed by atoms with Gasteiger partial charge in [-0.15, -0.1) is 0 Å². The van der Waals surface area contributed by atoms with Gasteiger partial charge in [0.1, 0.15) is 0 Å². The first kappa shape index (κ1) is 6.53. The van der Waals surface area contributed by atoms with Crippen molar-refractivity contribution >= 4 is 6.91 Å². The van der Waals surface area contributed by atoms with Crippen LogP contribution >= 0.6 is 0 Å². The molecule has 0 spiro atoms. The van der Waals surface area contributed by atoms with Crippen molar-refractivity contribution in [3.05, 3.63) is 29.6 Å². The summed E-state index contributed by atoms with van der Waals surface area (Å²) < 4.78 is 0. The fourth-order valence-corrected chi connectivity index (χ4v) is 0.838. The standard InChI is InChI=1S/C8H11B/c1-7(2)8-5-3-4-6-9-8/h3-7H,1-2H3. The monoisotopic (exact) mass is 118 g/mol. The van der Waals surface area contributed by atoms with Crippen LogP contribution in [0.1, 0.15) is 25.2 Å². The summed E-state index contributed by atoms with van der Waals surface area (Å²) in [6.07, 6.45) is 0. The summed E-state index contributed by atoms with van der Waals surface area (Å²) in [5, 5.41) is 0. The molecule has 0 N–H and O–H groups in total. The van der Waals surface area contributed by atoms with Crippen LogP contribution in [0.25, 0.3) is 0 Å². The third-order valence-electron chi connectivity index (χ3n) is 1.47. The van der Waals surface area contributed by atoms with Crippen LogP contribution in [-0.4, -0.2) is 6.91 Å². The molecular weight excluding hydrogens is 107 g/mol. The van der Waals surface area contributed by atoms with Gasteiger partial charge in [-0.25, -0.2) is 0 Å². The van der Waals surface area contributed by atoms with Gasteiger partial charge in [-0.1, -0.05) is 0 Å². The third kappa shape index (κ3) is 1.67. The minimum atomic E-state index is 0.659. The van der Waals surface area contributed by atoms with Gasteiger partial charge in [0.15, 0.2) is 0 Å². The van der Waals surface area contributed by atoms with E-state index in [9.17, 15) is 0 Å². The fourth-order valence-electron chi connectivity index (χ4n) is 0.838. The maximum atomic E-state index is 2.20. The quantitative estimate of drug-likeness (QED) is 0.529. The molecule has 1 aromatic rings. The molecule has 0 amide bonds. The van der Waals surface area contributed by atoms with E-state index in [0.29, 0.717) is 5.92 Å². The van der Waals surface area contributed by atoms with E-state index in [1.54, 1.807) is 0 Å². The molecule has 0 aliphatic rings. The predicted octanol–water partition coefficient (Wildman–Crippen LogP) is 2.15. The first-order valence-electron chi connectivity index (χ1n) is 3.35. The van der Waals surface area contributed by atoms with Crippen LogP contribution in [0.4, 0.5) is 0 Å². The van der Waals surface area contributed by atoms with Gasteiger partial charge in [-0.05, 0) is 0 Å². The second kappa shape index (κ2) is 2.81. The minimum absolute atomic E-state index is 0.659. The predicted molar refractivity (Wildman–Crippen MR) is 41.9 cm³/mol. The first-order chi connectivity index (χ1) is 4.30. The zero-order chi connectivity index (χ0) is 6.69. The summed E-state index contributed by atoms with van der Waals surface area (Å²) in [6, 6.07) is 6.28. The Morgan fingerprint density at radius 1 is 1.33 bits per heavy atom. The zero-order valence-electron chi connectivity index (χ0n) is 5.96. The van der Waals surface area contributed by atoms with E-state index in [4.69, 9.17) is 0 Å². The topological polar surface area (TPSA) is 0 Å². The van der Waals surface area contributed by atoms with Crippen LogP contribution < -0.4 is 0 Å². The summed E-state index contributed by atoms with van der Waals surface area (Å²) in [5.41, 5.74) is 1.41. The molecule has 0 aromatic carbocycles. The molecule has 1 rings (SSSR count).